The number of aromatic nitrogens is 2. The molecule has 2 atom stereocenters. The number of rotatable bonds is 7. The van der Waals surface area contributed by atoms with Gasteiger partial charge in [0.05, 0.1) is 6.04 Å². The maximum absolute atomic E-state index is 12.2. The summed E-state index contributed by atoms with van der Waals surface area (Å²) in [6.45, 7) is 0.624. The third-order valence-corrected chi connectivity index (χ3v) is 4.36. The first-order valence-electron chi connectivity index (χ1n) is 7.89. The number of aryl methyl sites for hydroxylation is 1. The molecule has 0 saturated carbocycles. The smallest absolute Gasteiger partial charge is 0.220 e. The number of carbonyl (C=O) groups is 1. The van der Waals surface area contributed by atoms with Crippen LogP contribution in [0.2, 0.25) is 0 Å². The summed E-state index contributed by atoms with van der Waals surface area (Å²) in [5, 5.41) is 11.2. The molecule has 0 aromatic carbocycles. The quantitative estimate of drug-likeness (QED) is 0.778. The molecule has 2 aliphatic rings. The second-order valence-corrected chi connectivity index (χ2v) is 6.04. The Morgan fingerprint density at radius 3 is 3.04 bits per heavy atom. The minimum absolute atomic E-state index is 0.00269. The molecule has 7 heteroatoms. The molecule has 1 amide bonds. The van der Waals surface area contributed by atoms with Crippen LogP contribution in [-0.2, 0) is 16.6 Å². The fraction of sp³-hybridized carbons (Fsp3) is 0.625. The number of nitrogens with zero attached hydrogens (tertiary/aromatic N) is 4. The van der Waals surface area contributed by atoms with Crippen molar-refractivity contribution in [3.63, 3.8) is 0 Å². The molecule has 1 fully saturated rings. The van der Waals surface area contributed by atoms with Crippen LogP contribution in [-0.4, -0.2) is 33.8 Å². The Labute approximate surface area is 135 Å². The molecule has 0 spiro atoms. The summed E-state index contributed by atoms with van der Waals surface area (Å²) in [5.41, 5.74) is -0.408. The van der Waals surface area contributed by atoms with Crippen molar-refractivity contribution in [1.82, 2.24) is 14.9 Å². The van der Waals surface area contributed by atoms with Gasteiger partial charge in [-0.05, 0) is 6.42 Å². The third-order valence-electron chi connectivity index (χ3n) is 4.36. The summed E-state index contributed by atoms with van der Waals surface area (Å²) < 4.78 is 7.67. The van der Waals surface area contributed by atoms with E-state index in [9.17, 15) is 4.79 Å². The van der Waals surface area contributed by atoms with E-state index in [1.807, 2.05) is 17.8 Å². The van der Waals surface area contributed by atoms with Crippen LogP contribution >= 0.6 is 0 Å². The first-order valence-corrected chi connectivity index (χ1v) is 7.89. The summed E-state index contributed by atoms with van der Waals surface area (Å²) in [5.74, 6) is 3.43. The third kappa shape index (κ3) is 3.59. The molecule has 122 valence electrons. The van der Waals surface area contributed by atoms with Gasteiger partial charge in [0.15, 0.2) is 5.66 Å². The molecule has 0 radical (unpaired) electrons. The van der Waals surface area contributed by atoms with Crippen molar-refractivity contribution in [2.75, 3.05) is 6.61 Å². The van der Waals surface area contributed by atoms with Crippen molar-refractivity contribution in [1.29, 1.82) is 0 Å². The van der Waals surface area contributed by atoms with E-state index < -0.39 is 5.66 Å². The van der Waals surface area contributed by atoms with E-state index in [-0.39, 0.29) is 18.1 Å². The molecule has 0 aliphatic carbocycles. The number of imidazole rings is 1. The molecular formula is C16H21N5O2. The maximum atomic E-state index is 12.2. The second kappa shape index (κ2) is 6.50. The number of terminal acetylenes is 1. The van der Waals surface area contributed by atoms with E-state index in [0.29, 0.717) is 25.9 Å². The molecule has 23 heavy (non-hydrogen) atoms. The van der Waals surface area contributed by atoms with Gasteiger partial charge in [-0.15, -0.1) is 12.3 Å². The summed E-state index contributed by atoms with van der Waals surface area (Å²) in [4.78, 5) is 16.6. The highest BCUT2D eigenvalue weighted by atomic mass is 16.5. The number of amides is 1. The Balaban J connectivity index is 1.50. The first-order chi connectivity index (χ1) is 11.1. The lowest BCUT2D eigenvalue weighted by atomic mass is 10.0. The predicted octanol–water partition coefficient (Wildman–Crippen LogP) is 1.72. The molecule has 0 unspecified atom stereocenters. The van der Waals surface area contributed by atoms with Crippen LogP contribution < -0.4 is 5.32 Å². The Morgan fingerprint density at radius 1 is 1.57 bits per heavy atom. The molecule has 1 aromatic rings. The lowest BCUT2D eigenvalue weighted by Gasteiger charge is -2.20. The van der Waals surface area contributed by atoms with Gasteiger partial charge in [0.25, 0.3) is 0 Å². The van der Waals surface area contributed by atoms with E-state index in [4.69, 9.17) is 11.2 Å². The zero-order chi connectivity index (χ0) is 16.3. The van der Waals surface area contributed by atoms with E-state index in [1.54, 1.807) is 6.20 Å². The molecule has 1 saturated heterocycles. The van der Waals surface area contributed by atoms with Gasteiger partial charge in [0.2, 0.25) is 5.91 Å². The fourth-order valence-corrected chi connectivity index (χ4v) is 2.90. The van der Waals surface area contributed by atoms with E-state index in [0.717, 1.165) is 18.7 Å². The summed E-state index contributed by atoms with van der Waals surface area (Å²) in [7, 11) is 1.92. The number of carbonyl (C=O) groups excluding carboxylic acids is 1. The monoisotopic (exact) mass is 315 g/mol. The Kier molecular flexibility index (Phi) is 4.44. The van der Waals surface area contributed by atoms with Crippen molar-refractivity contribution in [3.8, 4) is 12.3 Å². The van der Waals surface area contributed by atoms with Crippen LogP contribution in [0.3, 0.4) is 0 Å². The number of hydrogen-bond donors (Lipinski definition) is 1. The molecule has 3 rings (SSSR count). The first kappa shape index (κ1) is 15.7. The second-order valence-electron chi connectivity index (χ2n) is 6.04. The van der Waals surface area contributed by atoms with E-state index >= 15 is 0 Å². The standard InChI is InChI=1S/C16H21N5O2/c1-3-4-7-16(19-20-16)8-5-13(22)18-12-6-11-23-14(12)15-17-9-10-21(15)2/h1,9-10,12,14H,4-8,11H2,2H3,(H,18,22)/t12-,14-/m1/s1. The Hall–Kier alpha value is -2.20. The number of ether oxygens (including phenoxy) is 1. The largest absolute Gasteiger partial charge is 0.368 e. The van der Waals surface area contributed by atoms with Crippen molar-refractivity contribution >= 4 is 5.91 Å². The summed E-state index contributed by atoms with van der Waals surface area (Å²) in [6, 6.07) is -0.0432. The van der Waals surface area contributed by atoms with Crippen molar-refractivity contribution < 1.29 is 9.53 Å². The van der Waals surface area contributed by atoms with Crippen molar-refractivity contribution in [3.05, 3.63) is 18.2 Å². The maximum Gasteiger partial charge on any atom is 0.220 e. The van der Waals surface area contributed by atoms with Gasteiger partial charge in [-0.2, -0.15) is 10.2 Å². The lowest BCUT2D eigenvalue weighted by molar-refractivity contribution is -0.122. The molecule has 0 bridgehead atoms. The average Bonchev–Trinajstić information content (AvgIpc) is 2.95. The Morgan fingerprint density at radius 2 is 2.39 bits per heavy atom. The summed E-state index contributed by atoms with van der Waals surface area (Å²) >= 11 is 0. The van der Waals surface area contributed by atoms with Gasteiger partial charge in [0, 0.05) is 51.7 Å². The van der Waals surface area contributed by atoms with Crippen LogP contribution in [0.5, 0.6) is 0 Å². The minimum Gasteiger partial charge on any atom is -0.368 e. The van der Waals surface area contributed by atoms with Gasteiger partial charge in [0.1, 0.15) is 11.9 Å². The number of hydrogen-bond acceptors (Lipinski definition) is 5. The molecule has 7 nitrogen and oxygen atoms in total. The molecular weight excluding hydrogens is 294 g/mol. The highest BCUT2D eigenvalue weighted by Gasteiger charge is 2.40. The highest BCUT2D eigenvalue weighted by Crippen LogP contribution is 2.37. The Bertz CT molecular complexity index is 639. The minimum atomic E-state index is -0.408. The summed E-state index contributed by atoms with van der Waals surface area (Å²) in [6.07, 6.45) is 11.8. The topological polar surface area (TPSA) is 80.9 Å². The molecule has 1 aromatic heterocycles. The zero-order valence-electron chi connectivity index (χ0n) is 13.2. The highest BCUT2D eigenvalue weighted by molar-refractivity contribution is 5.76. The fourth-order valence-electron chi connectivity index (χ4n) is 2.90. The average molecular weight is 315 g/mol. The lowest BCUT2D eigenvalue weighted by Crippen LogP contribution is -2.38. The molecule has 1 N–H and O–H groups in total. The predicted molar refractivity (Wildman–Crippen MR) is 83.3 cm³/mol. The van der Waals surface area contributed by atoms with E-state index in [2.05, 4.69) is 26.4 Å². The van der Waals surface area contributed by atoms with Crippen LogP contribution in [0.4, 0.5) is 0 Å². The van der Waals surface area contributed by atoms with E-state index in [1.165, 1.54) is 0 Å². The van der Waals surface area contributed by atoms with Crippen LogP contribution in [0.15, 0.2) is 22.6 Å². The normalized spacial score (nSPS) is 24.3. The van der Waals surface area contributed by atoms with Gasteiger partial charge >= 0.3 is 0 Å². The van der Waals surface area contributed by atoms with Crippen molar-refractivity contribution in [2.45, 2.75) is 49.9 Å². The zero-order valence-corrected chi connectivity index (χ0v) is 13.2. The van der Waals surface area contributed by atoms with Crippen LogP contribution in [0.25, 0.3) is 0 Å². The van der Waals surface area contributed by atoms with Gasteiger partial charge in [-0.3, -0.25) is 4.79 Å². The number of nitrogens with one attached hydrogen (secondary N) is 1. The van der Waals surface area contributed by atoms with Crippen LogP contribution in [0, 0.1) is 12.3 Å². The molecule has 3 heterocycles. The molecule has 2 aliphatic heterocycles. The van der Waals surface area contributed by atoms with Crippen molar-refractivity contribution in [2.24, 2.45) is 17.3 Å². The van der Waals surface area contributed by atoms with Gasteiger partial charge in [-0.1, -0.05) is 0 Å². The van der Waals surface area contributed by atoms with Gasteiger partial charge in [-0.25, -0.2) is 4.98 Å². The SMILES string of the molecule is C#CCCC1(CCC(=O)N[C@@H]2CCO[C@H]2c2nccn2C)N=N1. The van der Waals surface area contributed by atoms with Gasteiger partial charge < -0.3 is 14.6 Å². The van der Waals surface area contributed by atoms with Crippen LogP contribution in [0.1, 0.15) is 44.0 Å².